The van der Waals surface area contributed by atoms with E-state index in [1.54, 1.807) is 18.2 Å². The molecule has 0 spiro atoms. The van der Waals surface area contributed by atoms with Crippen molar-refractivity contribution in [3.8, 4) is 22.6 Å². The fourth-order valence-corrected chi connectivity index (χ4v) is 1.68. The van der Waals surface area contributed by atoms with Crippen molar-refractivity contribution in [3.63, 3.8) is 0 Å². The van der Waals surface area contributed by atoms with Gasteiger partial charge in [-0.15, -0.1) is 0 Å². The molecule has 0 amide bonds. The molecule has 4 nitrogen and oxygen atoms in total. The van der Waals surface area contributed by atoms with E-state index in [4.69, 9.17) is 9.15 Å². The monoisotopic (exact) mass is 232 g/mol. The van der Waals surface area contributed by atoms with Gasteiger partial charge in [0.2, 0.25) is 0 Å². The van der Waals surface area contributed by atoms with Gasteiger partial charge < -0.3 is 14.3 Å². The number of carbonyl (C=O) groups is 1. The number of aldehydes is 1. The van der Waals surface area contributed by atoms with Crippen LogP contribution in [0.4, 0.5) is 0 Å². The van der Waals surface area contributed by atoms with Crippen LogP contribution in [-0.4, -0.2) is 18.0 Å². The predicted octanol–water partition coefficient (Wildman–Crippen LogP) is 2.86. The molecule has 0 saturated carbocycles. The molecule has 0 fully saturated rings. The Morgan fingerprint density at radius 1 is 1.41 bits per heavy atom. The first kappa shape index (κ1) is 11.3. The van der Waals surface area contributed by atoms with E-state index in [-0.39, 0.29) is 11.5 Å². The van der Waals surface area contributed by atoms with Crippen molar-refractivity contribution in [2.75, 3.05) is 6.61 Å². The number of para-hydroxylation sites is 1. The zero-order valence-electron chi connectivity index (χ0n) is 9.34. The van der Waals surface area contributed by atoms with E-state index in [2.05, 4.69) is 0 Å². The highest BCUT2D eigenvalue weighted by Crippen LogP contribution is 2.38. The summed E-state index contributed by atoms with van der Waals surface area (Å²) in [6, 6.07) is 7.17. The Balaban J connectivity index is 2.59. The molecule has 0 bridgehead atoms. The van der Waals surface area contributed by atoms with Crippen molar-refractivity contribution in [3.05, 3.63) is 36.3 Å². The number of aromatic hydroxyl groups is 1. The minimum Gasteiger partial charge on any atom is -0.504 e. The van der Waals surface area contributed by atoms with Crippen molar-refractivity contribution in [2.45, 2.75) is 6.92 Å². The van der Waals surface area contributed by atoms with Crippen molar-refractivity contribution >= 4 is 6.29 Å². The Morgan fingerprint density at radius 3 is 2.88 bits per heavy atom. The number of hydrogen-bond acceptors (Lipinski definition) is 4. The molecule has 0 radical (unpaired) electrons. The Kier molecular flexibility index (Phi) is 3.14. The molecule has 1 aromatic heterocycles. The molecule has 0 aliphatic heterocycles. The van der Waals surface area contributed by atoms with Gasteiger partial charge in [0.25, 0.3) is 0 Å². The SMILES string of the molecule is CCOc1ccccc1-c1c(O)coc1C=O. The van der Waals surface area contributed by atoms with E-state index in [9.17, 15) is 9.90 Å². The fourth-order valence-electron chi connectivity index (χ4n) is 1.68. The van der Waals surface area contributed by atoms with E-state index < -0.39 is 0 Å². The topological polar surface area (TPSA) is 59.7 Å². The lowest BCUT2D eigenvalue weighted by Gasteiger charge is -2.09. The van der Waals surface area contributed by atoms with Gasteiger partial charge in [-0.3, -0.25) is 4.79 Å². The lowest BCUT2D eigenvalue weighted by molar-refractivity contribution is 0.110. The van der Waals surface area contributed by atoms with Crippen LogP contribution in [0.1, 0.15) is 17.5 Å². The molecular formula is C13H12O4. The summed E-state index contributed by atoms with van der Waals surface area (Å²) in [5.74, 6) is 0.628. The van der Waals surface area contributed by atoms with Crippen LogP contribution in [0.15, 0.2) is 34.9 Å². The molecule has 1 N–H and O–H groups in total. The smallest absolute Gasteiger partial charge is 0.186 e. The number of carbonyl (C=O) groups excluding carboxylic acids is 1. The van der Waals surface area contributed by atoms with Crippen LogP contribution < -0.4 is 4.74 Å². The van der Waals surface area contributed by atoms with Crippen LogP contribution in [0.25, 0.3) is 11.1 Å². The zero-order valence-corrected chi connectivity index (χ0v) is 9.34. The first-order valence-electron chi connectivity index (χ1n) is 5.25. The molecule has 0 saturated heterocycles. The van der Waals surface area contributed by atoms with Crippen LogP contribution in [0.5, 0.6) is 11.5 Å². The van der Waals surface area contributed by atoms with Crippen LogP contribution in [0.3, 0.4) is 0 Å². The van der Waals surface area contributed by atoms with E-state index in [1.165, 1.54) is 0 Å². The van der Waals surface area contributed by atoms with Crippen molar-refractivity contribution in [1.82, 2.24) is 0 Å². The molecule has 0 unspecified atom stereocenters. The Labute approximate surface area is 98.4 Å². The molecule has 1 aromatic carbocycles. The summed E-state index contributed by atoms with van der Waals surface area (Å²) in [6.45, 7) is 2.37. The maximum atomic E-state index is 10.8. The van der Waals surface area contributed by atoms with Gasteiger partial charge in [-0.25, -0.2) is 0 Å². The third-order valence-electron chi connectivity index (χ3n) is 2.36. The van der Waals surface area contributed by atoms with E-state index in [0.29, 0.717) is 29.8 Å². The fraction of sp³-hybridized carbons (Fsp3) is 0.154. The minimum atomic E-state index is -0.0701. The molecule has 0 atom stereocenters. The van der Waals surface area contributed by atoms with Gasteiger partial charge >= 0.3 is 0 Å². The Hall–Kier alpha value is -2.23. The molecule has 4 heteroatoms. The van der Waals surface area contributed by atoms with Crippen molar-refractivity contribution in [2.24, 2.45) is 0 Å². The zero-order chi connectivity index (χ0) is 12.3. The van der Waals surface area contributed by atoms with E-state index >= 15 is 0 Å². The highest BCUT2D eigenvalue weighted by molar-refractivity contribution is 5.89. The summed E-state index contributed by atoms with van der Waals surface area (Å²) in [4.78, 5) is 10.8. The molecule has 88 valence electrons. The second-order valence-corrected chi connectivity index (χ2v) is 3.41. The molecular weight excluding hydrogens is 220 g/mol. The van der Waals surface area contributed by atoms with Crippen LogP contribution in [0, 0.1) is 0 Å². The minimum absolute atomic E-state index is 0.0701. The second kappa shape index (κ2) is 4.74. The predicted molar refractivity (Wildman–Crippen MR) is 62.4 cm³/mol. The number of rotatable bonds is 4. The molecule has 2 rings (SSSR count). The number of furan rings is 1. The van der Waals surface area contributed by atoms with E-state index in [1.807, 2.05) is 13.0 Å². The summed E-state index contributed by atoms with van der Waals surface area (Å²) in [5.41, 5.74) is 1.01. The van der Waals surface area contributed by atoms with Gasteiger partial charge in [-0.1, -0.05) is 18.2 Å². The highest BCUT2D eigenvalue weighted by atomic mass is 16.5. The number of ether oxygens (including phenoxy) is 1. The summed E-state index contributed by atoms with van der Waals surface area (Å²) in [6.07, 6.45) is 1.71. The number of hydrogen-bond donors (Lipinski definition) is 1. The van der Waals surface area contributed by atoms with Crippen molar-refractivity contribution < 1.29 is 19.1 Å². The quantitative estimate of drug-likeness (QED) is 0.823. The first-order valence-corrected chi connectivity index (χ1v) is 5.25. The van der Waals surface area contributed by atoms with Gasteiger partial charge in [0, 0.05) is 5.56 Å². The van der Waals surface area contributed by atoms with Gasteiger partial charge in [-0.2, -0.15) is 0 Å². The summed E-state index contributed by atoms with van der Waals surface area (Å²) < 4.78 is 10.4. The van der Waals surface area contributed by atoms with Crippen LogP contribution in [-0.2, 0) is 0 Å². The molecule has 17 heavy (non-hydrogen) atoms. The van der Waals surface area contributed by atoms with E-state index in [0.717, 1.165) is 6.26 Å². The largest absolute Gasteiger partial charge is 0.504 e. The third-order valence-corrected chi connectivity index (χ3v) is 2.36. The maximum absolute atomic E-state index is 10.8. The van der Waals surface area contributed by atoms with Gasteiger partial charge in [0.1, 0.15) is 12.0 Å². The molecule has 1 heterocycles. The summed E-state index contributed by atoms with van der Waals surface area (Å²) in [5, 5.41) is 9.70. The first-order chi connectivity index (χ1) is 8.27. The standard InChI is InChI=1S/C13H12O4/c1-2-16-11-6-4-3-5-9(11)13-10(15)8-17-12(13)7-14/h3-8,15H,2H2,1H3. The lowest BCUT2D eigenvalue weighted by atomic mass is 10.0. The average molecular weight is 232 g/mol. The Morgan fingerprint density at radius 2 is 2.18 bits per heavy atom. The lowest BCUT2D eigenvalue weighted by Crippen LogP contribution is -1.94. The molecule has 0 aliphatic carbocycles. The molecule has 2 aromatic rings. The van der Waals surface area contributed by atoms with Crippen LogP contribution in [0.2, 0.25) is 0 Å². The normalized spacial score (nSPS) is 10.2. The van der Waals surface area contributed by atoms with Crippen molar-refractivity contribution in [1.29, 1.82) is 0 Å². The van der Waals surface area contributed by atoms with Gasteiger partial charge in [0.05, 0.1) is 12.2 Å². The second-order valence-electron chi connectivity index (χ2n) is 3.41. The molecule has 0 aliphatic rings. The maximum Gasteiger partial charge on any atom is 0.186 e. The van der Waals surface area contributed by atoms with Gasteiger partial charge in [-0.05, 0) is 13.0 Å². The third kappa shape index (κ3) is 2.01. The van der Waals surface area contributed by atoms with Crippen LogP contribution >= 0.6 is 0 Å². The number of benzene rings is 1. The summed E-state index contributed by atoms with van der Waals surface area (Å²) >= 11 is 0. The Bertz CT molecular complexity index is 528. The van der Waals surface area contributed by atoms with Gasteiger partial charge in [0.15, 0.2) is 17.8 Å². The summed E-state index contributed by atoms with van der Waals surface area (Å²) in [7, 11) is 0. The average Bonchev–Trinajstić information content (AvgIpc) is 2.72. The highest BCUT2D eigenvalue weighted by Gasteiger charge is 2.17.